The van der Waals surface area contributed by atoms with E-state index in [2.05, 4.69) is 4.98 Å². The predicted octanol–water partition coefficient (Wildman–Crippen LogP) is 3.64. The maximum atomic E-state index is 12.3. The molecule has 2 rings (SSSR count). The predicted molar refractivity (Wildman–Crippen MR) is 84.9 cm³/mol. The lowest BCUT2D eigenvalue weighted by Gasteiger charge is -2.36. The topological polar surface area (TPSA) is 51.7 Å². The molecular weight excluding hydrogens is 280 g/mol. The molecule has 1 amide bonds. The Kier molecular flexibility index (Phi) is 5.63. The molecule has 0 saturated carbocycles. The molecule has 1 fully saturated rings. The van der Waals surface area contributed by atoms with Crippen LogP contribution in [0.5, 0.6) is 5.88 Å². The third kappa shape index (κ3) is 5.20. The maximum Gasteiger partial charge on any atom is 0.410 e. The van der Waals surface area contributed by atoms with E-state index in [9.17, 15) is 4.79 Å². The van der Waals surface area contributed by atoms with Gasteiger partial charge in [0.15, 0.2) is 0 Å². The van der Waals surface area contributed by atoms with Crippen molar-refractivity contribution in [3.8, 4) is 5.88 Å². The lowest BCUT2D eigenvalue weighted by molar-refractivity contribution is 0.00738. The Morgan fingerprint density at radius 2 is 2.18 bits per heavy atom. The van der Waals surface area contributed by atoms with Crippen molar-refractivity contribution in [1.82, 2.24) is 9.88 Å². The van der Waals surface area contributed by atoms with Crippen molar-refractivity contribution >= 4 is 6.09 Å². The number of hydrogen-bond donors (Lipinski definition) is 0. The minimum Gasteiger partial charge on any atom is -0.478 e. The van der Waals surface area contributed by atoms with Crippen LogP contribution in [0, 0.1) is 0 Å². The summed E-state index contributed by atoms with van der Waals surface area (Å²) in [5.74, 6) is 0.627. The number of pyridine rings is 1. The highest BCUT2D eigenvalue weighted by atomic mass is 16.6. The van der Waals surface area contributed by atoms with Gasteiger partial charge in [-0.15, -0.1) is 0 Å². The molecular formula is C17H26N2O3. The van der Waals surface area contributed by atoms with Crippen molar-refractivity contribution in [1.29, 1.82) is 0 Å². The molecule has 1 aliphatic rings. The van der Waals surface area contributed by atoms with Gasteiger partial charge < -0.3 is 14.4 Å². The number of amides is 1. The van der Waals surface area contributed by atoms with Gasteiger partial charge in [0.2, 0.25) is 5.88 Å². The highest BCUT2D eigenvalue weighted by molar-refractivity contribution is 5.68. The molecule has 0 bridgehead atoms. The van der Waals surface area contributed by atoms with E-state index in [1.165, 1.54) is 0 Å². The van der Waals surface area contributed by atoms with Crippen molar-refractivity contribution in [3.05, 3.63) is 24.4 Å². The Bertz CT molecular complexity index is 471. The van der Waals surface area contributed by atoms with Gasteiger partial charge in [0.05, 0.1) is 6.61 Å². The van der Waals surface area contributed by atoms with E-state index >= 15 is 0 Å². The fraction of sp³-hybridized carbons (Fsp3) is 0.647. The molecule has 2 heterocycles. The number of hydrogen-bond acceptors (Lipinski definition) is 4. The van der Waals surface area contributed by atoms with Crippen LogP contribution in [0.4, 0.5) is 4.79 Å². The third-order valence-electron chi connectivity index (χ3n) is 3.59. The van der Waals surface area contributed by atoms with Crippen molar-refractivity contribution in [2.45, 2.75) is 58.1 Å². The van der Waals surface area contributed by atoms with Gasteiger partial charge >= 0.3 is 6.09 Å². The van der Waals surface area contributed by atoms with Crippen molar-refractivity contribution in [3.63, 3.8) is 0 Å². The molecule has 1 aromatic heterocycles. The Morgan fingerprint density at radius 3 is 2.86 bits per heavy atom. The molecule has 0 unspecified atom stereocenters. The second-order valence-electron chi connectivity index (χ2n) is 6.63. The maximum absolute atomic E-state index is 12.3. The van der Waals surface area contributed by atoms with Gasteiger partial charge in [-0.1, -0.05) is 6.07 Å². The minimum absolute atomic E-state index is 0.187. The first-order valence-electron chi connectivity index (χ1n) is 7.99. The van der Waals surface area contributed by atoms with Crippen molar-refractivity contribution in [2.75, 3.05) is 13.2 Å². The van der Waals surface area contributed by atoms with E-state index in [0.29, 0.717) is 12.5 Å². The van der Waals surface area contributed by atoms with Gasteiger partial charge in [-0.2, -0.15) is 0 Å². The Labute approximate surface area is 132 Å². The molecule has 22 heavy (non-hydrogen) atoms. The number of carbonyl (C=O) groups is 1. The molecule has 5 heteroatoms. The molecule has 1 atom stereocenters. The van der Waals surface area contributed by atoms with Crippen LogP contribution in [-0.2, 0) is 4.74 Å². The summed E-state index contributed by atoms with van der Waals surface area (Å²) in [6.45, 7) is 7.01. The highest BCUT2D eigenvalue weighted by Gasteiger charge is 2.30. The van der Waals surface area contributed by atoms with E-state index in [-0.39, 0.29) is 12.1 Å². The summed E-state index contributed by atoms with van der Waals surface area (Å²) >= 11 is 0. The van der Waals surface area contributed by atoms with E-state index in [4.69, 9.17) is 9.47 Å². The van der Waals surface area contributed by atoms with E-state index < -0.39 is 5.60 Å². The molecule has 1 aromatic rings. The van der Waals surface area contributed by atoms with Gasteiger partial charge in [0.25, 0.3) is 0 Å². The zero-order chi connectivity index (χ0) is 16.0. The second kappa shape index (κ2) is 7.47. The first-order chi connectivity index (χ1) is 10.5. The number of ether oxygens (including phenoxy) is 2. The lowest BCUT2D eigenvalue weighted by atomic mass is 10.0. The summed E-state index contributed by atoms with van der Waals surface area (Å²) in [4.78, 5) is 18.3. The Balaban J connectivity index is 1.85. The summed E-state index contributed by atoms with van der Waals surface area (Å²) in [5, 5.41) is 0. The average Bonchev–Trinajstić information content (AvgIpc) is 2.47. The minimum atomic E-state index is -0.455. The Morgan fingerprint density at radius 1 is 1.36 bits per heavy atom. The van der Waals surface area contributed by atoms with E-state index in [1.54, 1.807) is 6.20 Å². The average molecular weight is 306 g/mol. The monoisotopic (exact) mass is 306 g/mol. The van der Waals surface area contributed by atoms with E-state index in [0.717, 1.165) is 32.2 Å². The molecule has 1 saturated heterocycles. The van der Waals surface area contributed by atoms with E-state index in [1.807, 2.05) is 43.9 Å². The SMILES string of the molecule is CC(C)(C)OC(=O)N1CCCC[C@H]1CCOc1ccccn1. The third-order valence-corrected chi connectivity index (χ3v) is 3.59. The number of likely N-dealkylation sites (tertiary alicyclic amines) is 1. The fourth-order valence-corrected chi connectivity index (χ4v) is 2.59. The highest BCUT2D eigenvalue weighted by Crippen LogP contribution is 2.22. The first kappa shape index (κ1) is 16.6. The molecule has 0 aliphatic carbocycles. The van der Waals surface area contributed by atoms with Gasteiger partial charge in [-0.3, -0.25) is 0 Å². The van der Waals surface area contributed by atoms with Crippen LogP contribution in [0.3, 0.4) is 0 Å². The molecule has 0 N–H and O–H groups in total. The normalized spacial score (nSPS) is 18.9. The van der Waals surface area contributed by atoms with Gasteiger partial charge in [-0.25, -0.2) is 9.78 Å². The summed E-state index contributed by atoms with van der Waals surface area (Å²) < 4.78 is 11.2. The molecule has 0 spiro atoms. The van der Waals surface area contributed by atoms with Crippen LogP contribution in [-0.4, -0.2) is 40.8 Å². The number of rotatable bonds is 4. The number of piperidine rings is 1. The zero-order valence-electron chi connectivity index (χ0n) is 13.7. The second-order valence-corrected chi connectivity index (χ2v) is 6.63. The molecule has 122 valence electrons. The smallest absolute Gasteiger partial charge is 0.410 e. The number of carbonyl (C=O) groups excluding carboxylic acids is 1. The van der Waals surface area contributed by atoms with Crippen LogP contribution >= 0.6 is 0 Å². The summed E-state index contributed by atoms with van der Waals surface area (Å²) in [5.41, 5.74) is -0.455. The zero-order valence-corrected chi connectivity index (χ0v) is 13.7. The van der Waals surface area contributed by atoms with Gasteiger partial charge in [0.1, 0.15) is 5.60 Å². The van der Waals surface area contributed by atoms with Crippen molar-refractivity contribution in [2.24, 2.45) is 0 Å². The molecule has 5 nitrogen and oxygen atoms in total. The largest absolute Gasteiger partial charge is 0.478 e. The quantitative estimate of drug-likeness (QED) is 0.852. The molecule has 0 radical (unpaired) electrons. The lowest BCUT2D eigenvalue weighted by Crippen LogP contribution is -2.46. The van der Waals surface area contributed by atoms with Crippen molar-refractivity contribution < 1.29 is 14.3 Å². The fourth-order valence-electron chi connectivity index (χ4n) is 2.59. The van der Waals surface area contributed by atoms with Gasteiger partial charge in [-0.05, 0) is 46.1 Å². The number of aromatic nitrogens is 1. The van der Waals surface area contributed by atoms with Crippen LogP contribution in [0.15, 0.2) is 24.4 Å². The summed E-state index contributed by atoms with van der Waals surface area (Å²) in [6.07, 6.45) is 5.49. The summed E-state index contributed by atoms with van der Waals surface area (Å²) in [7, 11) is 0. The first-order valence-corrected chi connectivity index (χ1v) is 7.99. The van der Waals surface area contributed by atoms with Crippen LogP contribution < -0.4 is 4.74 Å². The Hall–Kier alpha value is -1.78. The van der Waals surface area contributed by atoms with Crippen LogP contribution in [0.2, 0.25) is 0 Å². The summed E-state index contributed by atoms with van der Waals surface area (Å²) in [6, 6.07) is 5.79. The van der Waals surface area contributed by atoms with Crippen LogP contribution in [0.1, 0.15) is 46.5 Å². The number of nitrogens with zero attached hydrogens (tertiary/aromatic N) is 2. The van der Waals surface area contributed by atoms with Crippen LogP contribution in [0.25, 0.3) is 0 Å². The molecule has 1 aliphatic heterocycles. The van der Waals surface area contributed by atoms with Gasteiger partial charge in [0, 0.05) is 31.3 Å². The standard InChI is InChI=1S/C17H26N2O3/c1-17(2,3)22-16(20)19-12-7-5-8-14(19)10-13-21-15-9-4-6-11-18-15/h4,6,9,11,14H,5,7-8,10,12-13H2,1-3H3/t14-/m0/s1. The molecule has 0 aromatic carbocycles.